The highest BCUT2D eigenvalue weighted by molar-refractivity contribution is 7.88. The molecule has 0 radical (unpaired) electrons. The minimum atomic E-state index is -4.61. The number of likely N-dealkylation sites (N-methyl/N-ethyl adjacent to an activating group) is 1. The van der Waals surface area contributed by atoms with Gasteiger partial charge in [0.15, 0.2) is 0 Å². The zero-order valence-electron chi connectivity index (χ0n) is 14.3. The van der Waals surface area contributed by atoms with Crippen molar-refractivity contribution in [3.05, 3.63) is 29.3 Å². The molecule has 1 rings (SSSR count). The minimum absolute atomic E-state index is 0.0780. The van der Waals surface area contributed by atoms with Gasteiger partial charge in [-0.3, -0.25) is 4.79 Å². The van der Waals surface area contributed by atoms with Gasteiger partial charge in [0.25, 0.3) is 0 Å². The smallest absolute Gasteiger partial charge is 0.416 e. The van der Waals surface area contributed by atoms with Crippen molar-refractivity contribution in [3.8, 4) is 5.75 Å². The van der Waals surface area contributed by atoms with Crippen LogP contribution in [0, 0.1) is 0 Å². The van der Waals surface area contributed by atoms with E-state index in [1.807, 2.05) is 0 Å². The molecule has 0 unspecified atom stereocenters. The lowest BCUT2D eigenvalue weighted by molar-refractivity contribution is -0.138. The zero-order valence-corrected chi connectivity index (χ0v) is 15.2. The monoisotopic (exact) mass is 382 g/mol. The Kier molecular flexibility index (Phi) is 6.83. The van der Waals surface area contributed by atoms with E-state index in [1.54, 1.807) is 13.8 Å². The molecule has 10 heteroatoms. The van der Waals surface area contributed by atoms with E-state index in [0.717, 1.165) is 16.6 Å². The van der Waals surface area contributed by atoms with Crippen LogP contribution >= 0.6 is 0 Å². The van der Waals surface area contributed by atoms with E-state index in [0.29, 0.717) is 0 Å². The molecular formula is C15H21F3N2O4S. The van der Waals surface area contributed by atoms with Crippen LogP contribution in [0.15, 0.2) is 18.2 Å². The van der Waals surface area contributed by atoms with Crippen molar-refractivity contribution in [2.75, 3.05) is 19.8 Å². The van der Waals surface area contributed by atoms with Crippen molar-refractivity contribution in [1.82, 2.24) is 9.62 Å². The highest BCUT2D eigenvalue weighted by Gasteiger charge is 2.34. The van der Waals surface area contributed by atoms with Gasteiger partial charge < -0.3 is 10.1 Å². The predicted octanol–water partition coefficient (Wildman–Crippen LogP) is 2.00. The number of ether oxygens (including phenoxy) is 1. The number of sulfonamides is 1. The minimum Gasteiger partial charge on any atom is -0.491 e. The van der Waals surface area contributed by atoms with Gasteiger partial charge in [0, 0.05) is 13.6 Å². The van der Waals surface area contributed by atoms with Crippen LogP contribution in [0.4, 0.5) is 13.2 Å². The molecule has 1 aromatic rings. The van der Waals surface area contributed by atoms with Gasteiger partial charge in [-0.2, -0.15) is 17.5 Å². The first kappa shape index (κ1) is 21.2. The number of hydrogen-bond donors (Lipinski definition) is 1. The molecular weight excluding hydrogens is 361 g/mol. The number of halogens is 3. The average Bonchev–Trinajstić information content (AvgIpc) is 2.43. The summed E-state index contributed by atoms with van der Waals surface area (Å²) in [4.78, 5) is 11.7. The molecule has 0 atom stereocenters. The molecule has 0 spiro atoms. The summed E-state index contributed by atoms with van der Waals surface area (Å²) >= 11 is 0. The summed E-state index contributed by atoms with van der Waals surface area (Å²) in [5.41, 5.74) is -1.05. The Morgan fingerprint density at radius 1 is 1.32 bits per heavy atom. The molecule has 25 heavy (non-hydrogen) atoms. The van der Waals surface area contributed by atoms with E-state index in [9.17, 15) is 26.4 Å². The van der Waals surface area contributed by atoms with Gasteiger partial charge in [-0.15, -0.1) is 0 Å². The fourth-order valence-electron chi connectivity index (χ4n) is 1.89. The lowest BCUT2D eigenvalue weighted by atomic mass is 10.1. The summed E-state index contributed by atoms with van der Waals surface area (Å²) in [5, 5.41) is 2.29. The van der Waals surface area contributed by atoms with Gasteiger partial charge in [-0.05, 0) is 31.5 Å². The van der Waals surface area contributed by atoms with E-state index < -0.39 is 34.2 Å². The lowest BCUT2D eigenvalue weighted by Gasteiger charge is -2.17. The van der Waals surface area contributed by atoms with Crippen LogP contribution in [0.2, 0.25) is 0 Å². The molecule has 0 saturated carbocycles. The molecule has 1 aromatic carbocycles. The third-order valence-electron chi connectivity index (χ3n) is 3.17. The fourth-order valence-corrected chi connectivity index (χ4v) is 2.24. The normalized spacial score (nSPS) is 12.5. The molecule has 0 aliphatic heterocycles. The summed E-state index contributed by atoms with van der Waals surface area (Å²) in [5.74, 6) is -0.627. The molecule has 0 aromatic heterocycles. The third-order valence-corrected chi connectivity index (χ3v) is 4.43. The SMILES string of the molecule is CC(C)Oc1ccc(CNC(=O)CN(C)S(C)(=O)=O)c(C(F)(F)F)c1. The van der Waals surface area contributed by atoms with Gasteiger partial charge in [0.2, 0.25) is 15.9 Å². The summed E-state index contributed by atoms with van der Waals surface area (Å²) in [7, 11) is -2.35. The Labute approximate surface area is 145 Å². The molecule has 0 bridgehead atoms. The number of rotatable bonds is 7. The molecule has 0 aliphatic carbocycles. The quantitative estimate of drug-likeness (QED) is 0.783. The van der Waals surface area contributed by atoms with Gasteiger partial charge in [0.1, 0.15) is 5.75 Å². The second-order valence-corrected chi connectivity index (χ2v) is 7.87. The number of amides is 1. The second-order valence-electron chi connectivity index (χ2n) is 5.78. The number of carbonyl (C=O) groups is 1. The Morgan fingerprint density at radius 2 is 1.92 bits per heavy atom. The van der Waals surface area contributed by atoms with Crippen LogP contribution in [0.3, 0.4) is 0 Å². The van der Waals surface area contributed by atoms with Crippen molar-refractivity contribution < 1.29 is 31.1 Å². The zero-order chi connectivity index (χ0) is 19.4. The van der Waals surface area contributed by atoms with Crippen molar-refractivity contribution in [2.45, 2.75) is 32.7 Å². The molecule has 0 saturated heterocycles. The maximum absolute atomic E-state index is 13.2. The summed E-state index contributed by atoms with van der Waals surface area (Å²) in [6.45, 7) is 2.53. The van der Waals surface area contributed by atoms with Crippen LogP contribution in [0.25, 0.3) is 0 Å². The number of benzene rings is 1. The molecule has 142 valence electrons. The van der Waals surface area contributed by atoms with Crippen molar-refractivity contribution in [2.24, 2.45) is 0 Å². The van der Waals surface area contributed by atoms with Gasteiger partial charge in [-0.25, -0.2) is 8.42 Å². The third kappa shape index (κ3) is 6.91. The highest BCUT2D eigenvalue weighted by atomic mass is 32.2. The van der Waals surface area contributed by atoms with Crippen LogP contribution in [-0.2, 0) is 27.5 Å². The maximum Gasteiger partial charge on any atom is 0.416 e. The standard InChI is InChI=1S/C15H21F3N2O4S/c1-10(2)24-12-6-5-11(13(7-12)15(16,17)18)8-19-14(21)9-20(3)25(4,22)23/h5-7,10H,8-9H2,1-4H3,(H,19,21). The Morgan fingerprint density at radius 3 is 2.40 bits per heavy atom. The highest BCUT2D eigenvalue weighted by Crippen LogP contribution is 2.34. The topological polar surface area (TPSA) is 75.7 Å². The second kappa shape index (κ2) is 8.05. The fraction of sp³-hybridized carbons (Fsp3) is 0.533. The summed E-state index contributed by atoms with van der Waals surface area (Å²) in [6.07, 6.45) is -3.96. The van der Waals surface area contributed by atoms with E-state index in [-0.39, 0.29) is 24.0 Å². The number of nitrogens with zero attached hydrogens (tertiary/aromatic N) is 1. The van der Waals surface area contributed by atoms with Crippen LogP contribution < -0.4 is 10.1 Å². The summed E-state index contributed by atoms with van der Waals surface area (Å²) in [6, 6.07) is 3.49. The maximum atomic E-state index is 13.2. The molecule has 6 nitrogen and oxygen atoms in total. The van der Waals surface area contributed by atoms with E-state index >= 15 is 0 Å². The van der Waals surface area contributed by atoms with Crippen LogP contribution in [0.5, 0.6) is 5.75 Å². The molecule has 1 amide bonds. The largest absolute Gasteiger partial charge is 0.491 e. The first-order chi connectivity index (χ1) is 11.3. The van der Waals surface area contributed by atoms with Crippen molar-refractivity contribution >= 4 is 15.9 Å². The van der Waals surface area contributed by atoms with E-state index in [4.69, 9.17) is 4.74 Å². The predicted molar refractivity (Wildman–Crippen MR) is 86.5 cm³/mol. The van der Waals surface area contributed by atoms with Gasteiger partial charge in [-0.1, -0.05) is 6.07 Å². The van der Waals surface area contributed by atoms with Crippen LogP contribution in [0.1, 0.15) is 25.0 Å². The Balaban J connectivity index is 2.89. The Bertz CT molecular complexity index is 718. The number of nitrogens with one attached hydrogen (secondary N) is 1. The van der Waals surface area contributed by atoms with E-state index in [1.165, 1.54) is 19.2 Å². The van der Waals surface area contributed by atoms with Crippen LogP contribution in [-0.4, -0.2) is 44.6 Å². The number of hydrogen-bond acceptors (Lipinski definition) is 4. The first-order valence-electron chi connectivity index (χ1n) is 7.35. The van der Waals surface area contributed by atoms with Gasteiger partial charge >= 0.3 is 6.18 Å². The lowest BCUT2D eigenvalue weighted by Crippen LogP contribution is -2.37. The van der Waals surface area contributed by atoms with Gasteiger partial charge in [0.05, 0.1) is 24.5 Å². The Hall–Kier alpha value is -1.81. The number of alkyl halides is 3. The molecule has 0 fully saturated rings. The molecule has 0 aliphatic rings. The first-order valence-corrected chi connectivity index (χ1v) is 9.20. The average molecular weight is 382 g/mol. The number of carbonyl (C=O) groups excluding carboxylic acids is 1. The van der Waals surface area contributed by atoms with E-state index in [2.05, 4.69) is 5.32 Å². The molecule has 1 N–H and O–H groups in total. The molecule has 0 heterocycles. The summed E-state index contributed by atoms with van der Waals surface area (Å²) < 4.78 is 68.1. The van der Waals surface area contributed by atoms with Crippen molar-refractivity contribution in [3.63, 3.8) is 0 Å². The van der Waals surface area contributed by atoms with Crippen molar-refractivity contribution in [1.29, 1.82) is 0 Å².